The number of benzene rings is 2. The van der Waals surface area contributed by atoms with Crippen LogP contribution in [0.4, 0.5) is 18.0 Å². The molecule has 0 unspecified atom stereocenters. The molecule has 5 nitrogen and oxygen atoms in total. The molecular weight excluding hydrogens is 539 g/mol. The molecular formula is C28H33ClF3NO4S. The first-order valence-corrected chi connectivity index (χ1v) is 13.3. The Morgan fingerprint density at radius 1 is 1.11 bits per heavy atom. The Balaban J connectivity index is 2.14. The van der Waals surface area contributed by atoms with Crippen LogP contribution in [-0.4, -0.2) is 29.8 Å². The van der Waals surface area contributed by atoms with Crippen molar-refractivity contribution in [3.63, 3.8) is 0 Å². The summed E-state index contributed by atoms with van der Waals surface area (Å²) in [6.07, 6.45) is -2.26. The molecule has 2 rings (SSSR count). The van der Waals surface area contributed by atoms with Gasteiger partial charge in [0.25, 0.3) is 0 Å². The number of carbonyl (C=O) groups is 2. The minimum absolute atomic E-state index is 0.143. The number of aryl methyl sites for hydroxylation is 1. The zero-order valence-corrected chi connectivity index (χ0v) is 23.5. The Kier molecular flexibility index (Phi) is 11.2. The second-order valence-electron chi connectivity index (χ2n) is 9.66. The minimum Gasteiger partial charge on any atom is -0.464 e. The van der Waals surface area contributed by atoms with Gasteiger partial charge in [-0.2, -0.15) is 13.2 Å². The normalized spacial score (nSPS) is 13.4. The number of esters is 1. The zero-order valence-electron chi connectivity index (χ0n) is 21.9. The summed E-state index contributed by atoms with van der Waals surface area (Å²) in [4.78, 5) is 26.6. The number of ether oxygens (including phenoxy) is 2. The van der Waals surface area contributed by atoms with Gasteiger partial charge in [0, 0.05) is 14.8 Å². The molecule has 0 aliphatic carbocycles. The maximum atomic E-state index is 13.0. The highest BCUT2D eigenvalue weighted by atomic mass is 35.5. The summed E-state index contributed by atoms with van der Waals surface area (Å²) < 4.78 is 49.7. The van der Waals surface area contributed by atoms with E-state index in [-0.39, 0.29) is 19.4 Å². The van der Waals surface area contributed by atoms with Crippen LogP contribution in [0, 0.1) is 0 Å². The van der Waals surface area contributed by atoms with Crippen molar-refractivity contribution in [1.29, 1.82) is 0 Å². The van der Waals surface area contributed by atoms with Crippen molar-refractivity contribution in [1.82, 2.24) is 5.32 Å². The quantitative estimate of drug-likeness (QED) is 0.217. The second-order valence-corrected chi connectivity index (χ2v) is 11.2. The number of hydrogen-bond donors (Lipinski definition) is 1. The Morgan fingerprint density at radius 3 is 2.37 bits per heavy atom. The van der Waals surface area contributed by atoms with E-state index in [1.807, 2.05) is 0 Å². The Bertz CT molecular complexity index is 1130. The van der Waals surface area contributed by atoms with Gasteiger partial charge in [0.05, 0.1) is 12.2 Å². The molecule has 0 aliphatic heterocycles. The lowest BCUT2D eigenvalue weighted by Gasteiger charge is -2.32. The second kappa shape index (κ2) is 13.4. The van der Waals surface area contributed by atoms with Crippen LogP contribution in [0.2, 0.25) is 5.02 Å². The number of amides is 1. The Hall–Kier alpha value is -2.65. The van der Waals surface area contributed by atoms with Gasteiger partial charge in [0.1, 0.15) is 11.1 Å². The van der Waals surface area contributed by atoms with Gasteiger partial charge in [-0.1, -0.05) is 41.6 Å². The number of nitrogens with one attached hydrogen (secondary N) is 1. The molecule has 0 bridgehead atoms. The van der Waals surface area contributed by atoms with Gasteiger partial charge in [0.2, 0.25) is 0 Å². The molecule has 0 saturated carbocycles. The molecule has 208 valence electrons. The molecule has 1 N–H and O–H groups in total. The van der Waals surface area contributed by atoms with Crippen molar-refractivity contribution in [2.24, 2.45) is 0 Å². The van der Waals surface area contributed by atoms with E-state index >= 15 is 0 Å². The monoisotopic (exact) mass is 571 g/mol. The first-order valence-electron chi connectivity index (χ1n) is 12.1. The average molecular weight is 572 g/mol. The molecule has 2 aromatic carbocycles. The predicted molar refractivity (Wildman–Crippen MR) is 144 cm³/mol. The highest BCUT2D eigenvalue weighted by Crippen LogP contribution is 2.36. The fourth-order valence-corrected chi connectivity index (χ4v) is 4.97. The summed E-state index contributed by atoms with van der Waals surface area (Å²) in [5.74, 6) is -0.579. The third-order valence-electron chi connectivity index (χ3n) is 5.37. The molecule has 1 amide bonds. The summed E-state index contributed by atoms with van der Waals surface area (Å²) in [6, 6.07) is 10.4. The van der Waals surface area contributed by atoms with Crippen LogP contribution in [0.15, 0.2) is 64.9 Å². The van der Waals surface area contributed by atoms with E-state index in [0.29, 0.717) is 27.7 Å². The molecule has 10 heteroatoms. The third kappa shape index (κ3) is 9.58. The SMILES string of the molecule is C=CC[C@@](CCCc1ccc(Sc2cccc(C(F)(F)F)c2)cc1Cl)(NC(=O)OC(C)(C)C)C(=O)OCC. The van der Waals surface area contributed by atoms with Crippen molar-refractivity contribution < 1.29 is 32.2 Å². The third-order valence-corrected chi connectivity index (χ3v) is 6.70. The molecule has 0 heterocycles. The van der Waals surface area contributed by atoms with Gasteiger partial charge in [0.15, 0.2) is 0 Å². The lowest BCUT2D eigenvalue weighted by molar-refractivity contribution is -0.151. The number of alkyl carbamates (subject to hydrolysis) is 1. The summed E-state index contributed by atoms with van der Waals surface area (Å²) in [5, 5.41) is 3.15. The van der Waals surface area contributed by atoms with E-state index in [2.05, 4.69) is 11.9 Å². The van der Waals surface area contributed by atoms with Crippen LogP contribution in [-0.2, 0) is 26.9 Å². The summed E-state index contributed by atoms with van der Waals surface area (Å²) >= 11 is 7.67. The number of rotatable bonds is 11. The van der Waals surface area contributed by atoms with E-state index < -0.39 is 34.9 Å². The lowest BCUT2D eigenvalue weighted by Crippen LogP contribution is -2.56. The average Bonchev–Trinajstić information content (AvgIpc) is 2.79. The van der Waals surface area contributed by atoms with Crippen LogP contribution in [0.1, 0.15) is 58.1 Å². The molecule has 0 spiro atoms. The summed E-state index contributed by atoms with van der Waals surface area (Å²) in [6.45, 7) is 10.7. The van der Waals surface area contributed by atoms with Crippen LogP contribution in [0.5, 0.6) is 0 Å². The molecule has 2 aromatic rings. The highest BCUT2D eigenvalue weighted by molar-refractivity contribution is 7.99. The van der Waals surface area contributed by atoms with Crippen molar-refractivity contribution in [3.8, 4) is 0 Å². The zero-order chi connectivity index (χ0) is 28.6. The van der Waals surface area contributed by atoms with E-state index in [1.54, 1.807) is 58.0 Å². The fraction of sp³-hybridized carbons (Fsp3) is 0.429. The number of alkyl halides is 3. The Labute approximate surface area is 231 Å². The van der Waals surface area contributed by atoms with E-state index in [0.717, 1.165) is 17.7 Å². The van der Waals surface area contributed by atoms with Crippen LogP contribution in [0.3, 0.4) is 0 Å². The van der Waals surface area contributed by atoms with Crippen molar-refractivity contribution in [3.05, 3.63) is 71.3 Å². The maximum absolute atomic E-state index is 13.0. The number of carbonyl (C=O) groups excluding carboxylic acids is 2. The largest absolute Gasteiger partial charge is 0.464 e. The molecule has 1 atom stereocenters. The molecule has 0 saturated heterocycles. The van der Waals surface area contributed by atoms with E-state index in [4.69, 9.17) is 21.1 Å². The van der Waals surface area contributed by atoms with Crippen LogP contribution < -0.4 is 5.32 Å². The lowest BCUT2D eigenvalue weighted by atomic mass is 9.88. The minimum atomic E-state index is -4.42. The standard InChI is InChI=1S/C28H33ClF3NO4S/c1-6-15-27(24(34)36-7-2,33-25(35)37-26(3,4)5)16-9-10-19-13-14-22(18-23(19)29)38-21-12-8-11-20(17-21)28(30,31)32/h6,8,11-14,17-18H,1,7,9-10,15-16H2,2-5H3,(H,33,35)/t27-/m0/s1. The van der Waals surface area contributed by atoms with Gasteiger partial charge in [-0.05, 0) is 89.3 Å². The van der Waals surface area contributed by atoms with Gasteiger partial charge in [-0.3, -0.25) is 0 Å². The van der Waals surface area contributed by atoms with Gasteiger partial charge in [-0.25, -0.2) is 9.59 Å². The van der Waals surface area contributed by atoms with Crippen molar-refractivity contribution in [2.45, 2.75) is 80.5 Å². The number of hydrogen-bond acceptors (Lipinski definition) is 5. The summed E-state index contributed by atoms with van der Waals surface area (Å²) in [7, 11) is 0. The molecule has 0 radical (unpaired) electrons. The first kappa shape index (κ1) is 31.6. The van der Waals surface area contributed by atoms with Crippen molar-refractivity contribution >= 4 is 35.4 Å². The fourth-order valence-electron chi connectivity index (χ4n) is 3.71. The molecule has 0 aliphatic rings. The molecule has 0 fully saturated rings. The predicted octanol–water partition coefficient (Wildman–Crippen LogP) is 8.24. The summed E-state index contributed by atoms with van der Waals surface area (Å²) in [5.41, 5.74) is -2.02. The van der Waals surface area contributed by atoms with Gasteiger partial charge < -0.3 is 14.8 Å². The van der Waals surface area contributed by atoms with Crippen LogP contribution >= 0.6 is 23.4 Å². The smallest absolute Gasteiger partial charge is 0.416 e. The van der Waals surface area contributed by atoms with Gasteiger partial charge in [-0.15, -0.1) is 6.58 Å². The Morgan fingerprint density at radius 2 is 1.79 bits per heavy atom. The highest BCUT2D eigenvalue weighted by Gasteiger charge is 2.41. The van der Waals surface area contributed by atoms with Gasteiger partial charge >= 0.3 is 18.2 Å². The maximum Gasteiger partial charge on any atom is 0.416 e. The van der Waals surface area contributed by atoms with E-state index in [9.17, 15) is 22.8 Å². The topological polar surface area (TPSA) is 64.6 Å². The van der Waals surface area contributed by atoms with Crippen molar-refractivity contribution in [2.75, 3.05) is 6.61 Å². The molecule has 38 heavy (non-hydrogen) atoms. The molecule has 0 aromatic heterocycles. The van der Waals surface area contributed by atoms with E-state index in [1.165, 1.54) is 17.8 Å². The number of halogens is 4. The van der Waals surface area contributed by atoms with Crippen LogP contribution in [0.25, 0.3) is 0 Å². The first-order chi connectivity index (χ1) is 17.7.